The number of piperidine rings is 1. The number of nitrogens with one attached hydrogen (secondary N) is 1. The van der Waals surface area contributed by atoms with Crippen LogP contribution in [0.3, 0.4) is 0 Å². The zero-order valence-corrected chi connectivity index (χ0v) is 23.7. The van der Waals surface area contributed by atoms with Crippen molar-refractivity contribution in [2.45, 2.75) is 51.7 Å². The summed E-state index contributed by atoms with van der Waals surface area (Å²) in [5, 5.41) is 14.8. The van der Waals surface area contributed by atoms with E-state index >= 15 is 0 Å². The third kappa shape index (κ3) is 8.41. The lowest BCUT2D eigenvalue weighted by atomic mass is 10.0. The lowest BCUT2D eigenvalue weighted by Gasteiger charge is -2.29. The van der Waals surface area contributed by atoms with Gasteiger partial charge in [0.1, 0.15) is 24.0 Å². The lowest BCUT2D eigenvalue weighted by molar-refractivity contribution is -0.156. The molecule has 1 unspecified atom stereocenters. The highest BCUT2D eigenvalue weighted by atomic mass is 16.6. The van der Waals surface area contributed by atoms with Gasteiger partial charge in [0.25, 0.3) is 0 Å². The Morgan fingerprint density at radius 1 is 0.975 bits per heavy atom. The van der Waals surface area contributed by atoms with Crippen molar-refractivity contribution < 1.29 is 24.2 Å². The van der Waals surface area contributed by atoms with Gasteiger partial charge < -0.3 is 19.5 Å². The van der Waals surface area contributed by atoms with Crippen LogP contribution in [0.5, 0.6) is 5.75 Å². The highest BCUT2D eigenvalue weighted by Gasteiger charge is 2.29. The minimum absolute atomic E-state index is 0.148. The van der Waals surface area contributed by atoms with Gasteiger partial charge in [-0.05, 0) is 81.4 Å². The number of hydrogen-bond donors (Lipinski definition) is 2. The van der Waals surface area contributed by atoms with Crippen molar-refractivity contribution in [3.63, 3.8) is 0 Å². The number of nitrogens with zero attached hydrogens (tertiary/aromatic N) is 1. The first-order valence-corrected chi connectivity index (χ1v) is 14.0. The molecule has 0 saturated carbocycles. The molecule has 3 aromatic carbocycles. The van der Waals surface area contributed by atoms with Gasteiger partial charge in [-0.25, -0.2) is 9.59 Å². The second-order valence-corrected chi connectivity index (χ2v) is 11.2. The number of aromatic carboxylic acids is 1. The van der Waals surface area contributed by atoms with Crippen molar-refractivity contribution in [3.05, 3.63) is 83.4 Å². The van der Waals surface area contributed by atoms with Crippen molar-refractivity contribution in [1.82, 2.24) is 10.2 Å². The third-order valence-electron chi connectivity index (χ3n) is 6.89. The molecule has 1 heterocycles. The molecular formula is C33H40N2O5. The molecule has 4 rings (SSSR count). The fourth-order valence-electron chi connectivity index (χ4n) is 4.90. The molecule has 0 bridgehead atoms. The molecule has 0 spiro atoms. The lowest BCUT2D eigenvalue weighted by Crippen LogP contribution is -2.46. The Kier molecular flexibility index (Phi) is 9.96. The average molecular weight is 545 g/mol. The van der Waals surface area contributed by atoms with E-state index in [9.17, 15) is 14.7 Å². The summed E-state index contributed by atoms with van der Waals surface area (Å²) in [4.78, 5) is 27.4. The average Bonchev–Trinajstić information content (AvgIpc) is 2.93. The number of carbonyl (C=O) groups is 2. The first-order valence-electron chi connectivity index (χ1n) is 14.0. The van der Waals surface area contributed by atoms with Gasteiger partial charge in [-0.1, -0.05) is 61.0 Å². The summed E-state index contributed by atoms with van der Waals surface area (Å²) in [6, 6.07) is 19.8. The molecule has 2 N–H and O–H groups in total. The highest BCUT2D eigenvalue weighted by Crippen LogP contribution is 2.26. The third-order valence-corrected chi connectivity index (χ3v) is 6.89. The molecule has 1 atom stereocenters. The summed E-state index contributed by atoms with van der Waals surface area (Å²) in [6.07, 6.45) is 5.56. The summed E-state index contributed by atoms with van der Waals surface area (Å²) < 4.78 is 12.2. The van der Waals surface area contributed by atoms with Crippen molar-refractivity contribution in [3.8, 4) is 5.75 Å². The van der Waals surface area contributed by atoms with Crippen LogP contribution in [0.1, 0.15) is 56.0 Å². The highest BCUT2D eigenvalue weighted by molar-refractivity contribution is 5.89. The van der Waals surface area contributed by atoms with Gasteiger partial charge in [-0.15, -0.1) is 0 Å². The van der Waals surface area contributed by atoms with Gasteiger partial charge in [0.15, 0.2) is 0 Å². The molecular weight excluding hydrogens is 504 g/mol. The number of esters is 1. The van der Waals surface area contributed by atoms with E-state index in [2.05, 4.69) is 10.2 Å². The quantitative estimate of drug-likeness (QED) is 0.296. The van der Waals surface area contributed by atoms with Gasteiger partial charge >= 0.3 is 11.9 Å². The molecule has 0 aliphatic carbocycles. The van der Waals surface area contributed by atoms with E-state index in [1.54, 1.807) is 24.3 Å². The van der Waals surface area contributed by atoms with Crippen LogP contribution in [0.4, 0.5) is 0 Å². The maximum Gasteiger partial charge on any atom is 0.335 e. The van der Waals surface area contributed by atoms with Crippen LogP contribution in [-0.4, -0.2) is 66.4 Å². The van der Waals surface area contributed by atoms with Crippen LogP contribution < -0.4 is 10.1 Å². The Morgan fingerprint density at radius 3 is 2.38 bits per heavy atom. The van der Waals surface area contributed by atoms with Crippen molar-refractivity contribution in [2.75, 3.05) is 32.8 Å². The predicted octanol–water partition coefficient (Wildman–Crippen LogP) is 5.79. The Morgan fingerprint density at radius 2 is 1.68 bits per heavy atom. The van der Waals surface area contributed by atoms with Crippen LogP contribution in [0.25, 0.3) is 16.8 Å². The van der Waals surface area contributed by atoms with Crippen molar-refractivity contribution in [1.29, 1.82) is 0 Å². The second kappa shape index (κ2) is 13.6. The number of benzene rings is 3. The SMILES string of the molecule is CC(C)(C)OC(=O)C(NCCN1CCCCC1)/C(=C/c1ccc(C(=O)O)cc1)COc1cccc2ccccc12. The van der Waals surface area contributed by atoms with Crippen LogP contribution in [0.2, 0.25) is 0 Å². The summed E-state index contributed by atoms with van der Waals surface area (Å²) in [5.74, 6) is -0.636. The van der Waals surface area contributed by atoms with Crippen LogP contribution >= 0.6 is 0 Å². The number of fused-ring (bicyclic) bond motifs is 1. The number of carbonyl (C=O) groups excluding carboxylic acids is 1. The van der Waals surface area contributed by atoms with Crippen LogP contribution in [0, 0.1) is 0 Å². The Labute approximate surface area is 236 Å². The molecule has 0 radical (unpaired) electrons. The first kappa shape index (κ1) is 29.3. The van der Waals surface area contributed by atoms with Gasteiger partial charge in [0.05, 0.1) is 5.56 Å². The summed E-state index contributed by atoms with van der Waals surface area (Å²) >= 11 is 0. The van der Waals surface area contributed by atoms with E-state index in [-0.39, 0.29) is 18.1 Å². The topological polar surface area (TPSA) is 88.1 Å². The van der Waals surface area contributed by atoms with Gasteiger partial charge in [-0.2, -0.15) is 0 Å². The molecule has 212 valence electrons. The summed E-state index contributed by atoms with van der Waals surface area (Å²) in [5.41, 5.74) is 1.01. The zero-order valence-electron chi connectivity index (χ0n) is 23.7. The molecule has 1 aliphatic heterocycles. The minimum atomic E-state index is -0.985. The van der Waals surface area contributed by atoms with Crippen LogP contribution in [-0.2, 0) is 9.53 Å². The number of carboxylic acids is 1. The molecule has 40 heavy (non-hydrogen) atoms. The van der Waals surface area contributed by atoms with E-state index in [0.29, 0.717) is 12.1 Å². The number of ether oxygens (including phenoxy) is 2. The number of hydrogen-bond acceptors (Lipinski definition) is 6. The molecule has 7 nitrogen and oxygen atoms in total. The molecule has 7 heteroatoms. The van der Waals surface area contributed by atoms with Crippen molar-refractivity contribution in [2.24, 2.45) is 0 Å². The molecule has 3 aromatic rings. The Balaban J connectivity index is 1.64. The second-order valence-electron chi connectivity index (χ2n) is 11.2. The largest absolute Gasteiger partial charge is 0.489 e. The van der Waals surface area contributed by atoms with E-state index in [1.807, 2.05) is 69.3 Å². The van der Waals surface area contributed by atoms with Crippen LogP contribution in [0.15, 0.2) is 72.3 Å². The van der Waals surface area contributed by atoms with Gasteiger partial charge in [-0.3, -0.25) is 5.32 Å². The van der Waals surface area contributed by atoms with E-state index in [1.165, 1.54) is 19.3 Å². The number of likely N-dealkylation sites (tertiary alicyclic amines) is 1. The van der Waals surface area contributed by atoms with E-state index < -0.39 is 17.6 Å². The maximum absolute atomic E-state index is 13.6. The number of carboxylic acid groups (broad SMARTS) is 1. The van der Waals surface area contributed by atoms with Crippen molar-refractivity contribution >= 4 is 28.8 Å². The Hall–Kier alpha value is -3.68. The normalized spacial score (nSPS) is 15.5. The molecule has 1 saturated heterocycles. The monoisotopic (exact) mass is 544 g/mol. The molecule has 0 amide bonds. The Bertz CT molecular complexity index is 1320. The first-order chi connectivity index (χ1) is 19.2. The van der Waals surface area contributed by atoms with E-state index in [4.69, 9.17) is 9.47 Å². The smallest absolute Gasteiger partial charge is 0.335 e. The summed E-state index contributed by atoms with van der Waals surface area (Å²) in [6.45, 7) is 9.32. The number of rotatable bonds is 11. The minimum Gasteiger partial charge on any atom is -0.489 e. The summed E-state index contributed by atoms with van der Waals surface area (Å²) in [7, 11) is 0. The zero-order chi connectivity index (χ0) is 28.5. The fourth-order valence-corrected chi connectivity index (χ4v) is 4.90. The fraction of sp³-hybridized carbons (Fsp3) is 0.394. The molecule has 1 fully saturated rings. The van der Waals surface area contributed by atoms with E-state index in [0.717, 1.165) is 41.7 Å². The molecule has 1 aliphatic rings. The van der Waals surface area contributed by atoms with Gasteiger partial charge in [0, 0.05) is 18.5 Å². The standard InChI is InChI=1S/C33H40N2O5/c1-33(2,3)40-32(38)30(34-18-21-35-19-7-4-8-20-35)27(22-24-14-16-26(17-15-24)31(36)37)23-39-29-13-9-11-25-10-5-6-12-28(25)29/h5-6,9-17,22,30,34H,4,7-8,18-21,23H2,1-3H3,(H,36,37)/b27-22+. The maximum atomic E-state index is 13.6. The van der Waals surface area contributed by atoms with Gasteiger partial charge in [0.2, 0.25) is 0 Å². The predicted molar refractivity (Wildman–Crippen MR) is 159 cm³/mol. The molecule has 0 aromatic heterocycles.